The van der Waals surface area contributed by atoms with Crippen LogP contribution >= 0.6 is 11.6 Å². The Balaban J connectivity index is 2.41. The van der Waals surface area contributed by atoms with E-state index in [1.165, 1.54) is 12.0 Å². The zero-order valence-corrected chi connectivity index (χ0v) is 10.1. The largest absolute Gasteiger partial charge is 0.316 e. The second-order valence-corrected chi connectivity index (χ2v) is 5.18. The molecule has 1 heterocycles. The third-order valence-electron chi connectivity index (χ3n) is 3.69. The van der Waals surface area contributed by atoms with Gasteiger partial charge in [-0.1, -0.05) is 37.6 Å². The average Bonchev–Trinajstić information content (AvgIpc) is 2.67. The fourth-order valence-electron chi connectivity index (χ4n) is 2.58. The minimum absolute atomic E-state index is 0.283. The van der Waals surface area contributed by atoms with Gasteiger partial charge in [0.2, 0.25) is 0 Å². The van der Waals surface area contributed by atoms with E-state index in [4.69, 9.17) is 11.6 Å². The first kappa shape index (κ1) is 11.0. The lowest BCUT2D eigenvalue weighted by Gasteiger charge is -2.33. The highest BCUT2D eigenvalue weighted by Gasteiger charge is 2.38. The van der Waals surface area contributed by atoms with Crippen LogP contribution in [-0.2, 0) is 5.41 Å². The quantitative estimate of drug-likeness (QED) is 0.812. The third kappa shape index (κ3) is 1.91. The second kappa shape index (κ2) is 4.15. The van der Waals surface area contributed by atoms with Crippen LogP contribution in [0.1, 0.15) is 25.8 Å². The molecule has 0 aliphatic carbocycles. The number of nitrogens with one attached hydrogen (secondary N) is 1. The average molecular weight is 224 g/mol. The first-order valence-corrected chi connectivity index (χ1v) is 6.00. The first-order chi connectivity index (χ1) is 7.15. The molecule has 0 amide bonds. The predicted molar refractivity (Wildman–Crippen MR) is 65.5 cm³/mol. The number of rotatable bonds is 2. The third-order valence-corrected chi connectivity index (χ3v) is 3.93. The molecule has 1 N–H and O–H groups in total. The molecule has 0 aromatic heterocycles. The lowest BCUT2D eigenvalue weighted by atomic mass is 9.71. The van der Waals surface area contributed by atoms with Gasteiger partial charge in [-0.2, -0.15) is 0 Å². The Morgan fingerprint density at radius 1 is 1.40 bits per heavy atom. The molecule has 2 heteroatoms. The molecule has 0 bridgehead atoms. The molecule has 1 fully saturated rings. The molecule has 0 radical (unpaired) electrons. The molecule has 1 nitrogen and oxygen atoms in total. The van der Waals surface area contributed by atoms with E-state index in [1.54, 1.807) is 0 Å². The zero-order chi connectivity index (χ0) is 10.9. The van der Waals surface area contributed by atoms with E-state index in [0.717, 1.165) is 18.1 Å². The SMILES string of the molecule is CC(C)C1(c2cccc(Cl)c2)CCNC1. The highest BCUT2D eigenvalue weighted by molar-refractivity contribution is 6.30. The van der Waals surface area contributed by atoms with Crippen LogP contribution < -0.4 is 5.32 Å². The Hall–Kier alpha value is -0.530. The van der Waals surface area contributed by atoms with Crippen LogP contribution in [0.3, 0.4) is 0 Å². The van der Waals surface area contributed by atoms with Gasteiger partial charge in [-0.25, -0.2) is 0 Å². The van der Waals surface area contributed by atoms with Gasteiger partial charge in [-0.15, -0.1) is 0 Å². The van der Waals surface area contributed by atoms with Gasteiger partial charge in [-0.05, 0) is 36.6 Å². The molecule has 1 aromatic carbocycles. The molecule has 1 saturated heterocycles. The van der Waals surface area contributed by atoms with Crippen LogP contribution in [0, 0.1) is 5.92 Å². The van der Waals surface area contributed by atoms with E-state index >= 15 is 0 Å². The number of halogens is 1. The Labute approximate surface area is 96.8 Å². The summed E-state index contributed by atoms with van der Waals surface area (Å²) >= 11 is 6.07. The van der Waals surface area contributed by atoms with Crippen molar-refractivity contribution in [2.45, 2.75) is 25.7 Å². The van der Waals surface area contributed by atoms with Gasteiger partial charge in [0.25, 0.3) is 0 Å². The van der Waals surface area contributed by atoms with Crippen molar-refractivity contribution in [2.24, 2.45) is 5.92 Å². The molecular formula is C13H18ClN. The van der Waals surface area contributed by atoms with Crippen LogP contribution in [-0.4, -0.2) is 13.1 Å². The van der Waals surface area contributed by atoms with Crippen molar-refractivity contribution in [1.82, 2.24) is 5.32 Å². The van der Waals surface area contributed by atoms with Crippen molar-refractivity contribution in [3.63, 3.8) is 0 Å². The van der Waals surface area contributed by atoms with E-state index in [2.05, 4.69) is 37.4 Å². The summed E-state index contributed by atoms with van der Waals surface area (Å²) < 4.78 is 0. The topological polar surface area (TPSA) is 12.0 Å². The molecule has 15 heavy (non-hydrogen) atoms. The summed E-state index contributed by atoms with van der Waals surface area (Å²) in [5.74, 6) is 0.644. The van der Waals surface area contributed by atoms with Crippen molar-refractivity contribution >= 4 is 11.6 Å². The molecule has 1 unspecified atom stereocenters. The lowest BCUT2D eigenvalue weighted by Crippen LogP contribution is -2.34. The van der Waals surface area contributed by atoms with E-state index < -0.39 is 0 Å². The standard InChI is InChI=1S/C13H18ClN/c1-10(2)13(6-7-15-9-13)11-4-3-5-12(14)8-11/h3-5,8,10,15H,6-7,9H2,1-2H3. The van der Waals surface area contributed by atoms with E-state index in [1.807, 2.05) is 6.07 Å². The van der Waals surface area contributed by atoms with Crippen LogP contribution in [0.2, 0.25) is 5.02 Å². The second-order valence-electron chi connectivity index (χ2n) is 4.75. The summed E-state index contributed by atoms with van der Waals surface area (Å²) in [6, 6.07) is 8.33. The Kier molecular flexibility index (Phi) is 3.03. The van der Waals surface area contributed by atoms with Crippen LogP contribution in [0.25, 0.3) is 0 Å². The molecular weight excluding hydrogens is 206 g/mol. The maximum absolute atomic E-state index is 6.07. The summed E-state index contributed by atoms with van der Waals surface area (Å²) in [5.41, 5.74) is 1.67. The molecule has 1 aliphatic rings. The van der Waals surface area contributed by atoms with Crippen molar-refractivity contribution in [2.75, 3.05) is 13.1 Å². The number of hydrogen-bond donors (Lipinski definition) is 1. The summed E-state index contributed by atoms with van der Waals surface area (Å²) in [6.45, 7) is 6.79. The van der Waals surface area contributed by atoms with E-state index in [0.29, 0.717) is 5.92 Å². The monoisotopic (exact) mass is 223 g/mol. The van der Waals surface area contributed by atoms with Crippen molar-refractivity contribution in [1.29, 1.82) is 0 Å². The highest BCUT2D eigenvalue weighted by Crippen LogP contribution is 2.38. The number of benzene rings is 1. The molecule has 1 aliphatic heterocycles. The van der Waals surface area contributed by atoms with Gasteiger partial charge in [0.15, 0.2) is 0 Å². The highest BCUT2D eigenvalue weighted by atomic mass is 35.5. The van der Waals surface area contributed by atoms with Crippen LogP contribution in [0.15, 0.2) is 24.3 Å². The van der Waals surface area contributed by atoms with Gasteiger partial charge in [0.05, 0.1) is 0 Å². The molecule has 82 valence electrons. The Morgan fingerprint density at radius 2 is 2.20 bits per heavy atom. The van der Waals surface area contributed by atoms with Gasteiger partial charge >= 0.3 is 0 Å². The van der Waals surface area contributed by atoms with Gasteiger partial charge in [0.1, 0.15) is 0 Å². The fraction of sp³-hybridized carbons (Fsp3) is 0.538. The van der Waals surface area contributed by atoms with Gasteiger partial charge in [0, 0.05) is 17.0 Å². The van der Waals surface area contributed by atoms with Crippen LogP contribution in [0.4, 0.5) is 0 Å². The van der Waals surface area contributed by atoms with E-state index in [9.17, 15) is 0 Å². The smallest absolute Gasteiger partial charge is 0.0408 e. The number of hydrogen-bond acceptors (Lipinski definition) is 1. The minimum atomic E-state index is 0.283. The first-order valence-electron chi connectivity index (χ1n) is 5.62. The summed E-state index contributed by atoms with van der Waals surface area (Å²) in [4.78, 5) is 0. The Morgan fingerprint density at radius 3 is 2.73 bits per heavy atom. The maximum atomic E-state index is 6.07. The molecule has 1 atom stereocenters. The molecule has 0 saturated carbocycles. The zero-order valence-electron chi connectivity index (χ0n) is 9.39. The molecule has 1 aromatic rings. The van der Waals surface area contributed by atoms with Crippen molar-refractivity contribution in [3.05, 3.63) is 34.9 Å². The predicted octanol–water partition coefficient (Wildman–Crippen LogP) is 3.23. The Bertz CT molecular complexity index is 340. The van der Waals surface area contributed by atoms with E-state index in [-0.39, 0.29) is 5.41 Å². The minimum Gasteiger partial charge on any atom is -0.316 e. The summed E-state index contributed by atoms with van der Waals surface area (Å²) in [6.07, 6.45) is 1.21. The lowest BCUT2D eigenvalue weighted by molar-refractivity contribution is 0.336. The van der Waals surface area contributed by atoms with Crippen molar-refractivity contribution < 1.29 is 0 Å². The summed E-state index contributed by atoms with van der Waals surface area (Å²) in [7, 11) is 0. The maximum Gasteiger partial charge on any atom is 0.0408 e. The normalized spacial score (nSPS) is 26.1. The summed E-state index contributed by atoms with van der Waals surface area (Å²) in [5, 5.41) is 4.32. The van der Waals surface area contributed by atoms with Gasteiger partial charge < -0.3 is 5.32 Å². The van der Waals surface area contributed by atoms with Crippen molar-refractivity contribution in [3.8, 4) is 0 Å². The molecule has 2 rings (SSSR count). The van der Waals surface area contributed by atoms with Gasteiger partial charge in [-0.3, -0.25) is 0 Å². The molecule has 0 spiro atoms. The fourth-order valence-corrected chi connectivity index (χ4v) is 2.77. The van der Waals surface area contributed by atoms with Crippen LogP contribution in [0.5, 0.6) is 0 Å².